The third-order valence-corrected chi connectivity index (χ3v) is 3.84. The summed E-state index contributed by atoms with van der Waals surface area (Å²) in [6, 6.07) is 14.4. The minimum absolute atomic E-state index is 0.277. The smallest absolute Gasteiger partial charge is 0.263 e. The number of hydrogen-bond acceptors (Lipinski definition) is 6. The van der Waals surface area contributed by atoms with Gasteiger partial charge in [-0.15, -0.1) is 0 Å². The van der Waals surface area contributed by atoms with Crippen molar-refractivity contribution in [1.29, 1.82) is 0 Å². The van der Waals surface area contributed by atoms with Crippen LogP contribution >= 0.6 is 0 Å². The highest BCUT2D eigenvalue weighted by molar-refractivity contribution is 5.73. The Morgan fingerprint density at radius 1 is 1.08 bits per heavy atom. The van der Waals surface area contributed by atoms with E-state index in [0.717, 1.165) is 5.56 Å². The van der Waals surface area contributed by atoms with E-state index in [4.69, 9.17) is 4.52 Å². The average molecular weight is 347 g/mol. The summed E-state index contributed by atoms with van der Waals surface area (Å²) in [5.74, 6) is 0.901. The molecule has 0 aliphatic carbocycles. The Morgan fingerprint density at radius 2 is 1.92 bits per heavy atom. The molecule has 0 atom stereocenters. The van der Waals surface area contributed by atoms with Crippen LogP contribution in [0.15, 0.2) is 65.6 Å². The molecule has 128 valence electrons. The van der Waals surface area contributed by atoms with E-state index >= 15 is 0 Å². The highest BCUT2D eigenvalue weighted by Crippen LogP contribution is 2.28. The first-order valence-corrected chi connectivity index (χ1v) is 7.93. The zero-order valence-electron chi connectivity index (χ0n) is 13.8. The standard InChI is InChI=1S/C19H14FN5O/c1-12-7-8-14(9-16(12)20)23-18-15(10-21-11-22-18)19-24-17(25-26-19)13-5-3-2-4-6-13/h2-11H,1H3,(H,21,22,23). The van der Waals surface area contributed by atoms with E-state index in [2.05, 4.69) is 25.4 Å². The number of nitrogens with zero attached hydrogens (tertiary/aromatic N) is 4. The van der Waals surface area contributed by atoms with Gasteiger partial charge < -0.3 is 9.84 Å². The molecule has 0 saturated heterocycles. The van der Waals surface area contributed by atoms with Crippen molar-refractivity contribution in [3.8, 4) is 22.8 Å². The maximum Gasteiger partial charge on any atom is 0.263 e. The van der Waals surface area contributed by atoms with Crippen LogP contribution in [0.2, 0.25) is 0 Å². The Morgan fingerprint density at radius 3 is 2.73 bits per heavy atom. The molecule has 0 radical (unpaired) electrons. The lowest BCUT2D eigenvalue weighted by Gasteiger charge is -2.08. The predicted molar refractivity (Wildman–Crippen MR) is 95.2 cm³/mol. The molecule has 0 fully saturated rings. The summed E-state index contributed by atoms with van der Waals surface area (Å²) in [6.07, 6.45) is 2.97. The lowest BCUT2D eigenvalue weighted by Crippen LogP contribution is -1.98. The second-order valence-corrected chi connectivity index (χ2v) is 5.66. The minimum Gasteiger partial charge on any atom is -0.339 e. The average Bonchev–Trinajstić information content (AvgIpc) is 3.16. The lowest BCUT2D eigenvalue weighted by molar-refractivity contribution is 0.432. The molecule has 6 nitrogen and oxygen atoms in total. The van der Waals surface area contributed by atoms with Crippen LogP contribution in [0, 0.1) is 12.7 Å². The summed E-state index contributed by atoms with van der Waals surface area (Å²) in [5, 5.41) is 7.08. The van der Waals surface area contributed by atoms with Gasteiger partial charge in [0.1, 0.15) is 23.5 Å². The van der Waals surface area contributed by atoms with Crippen LogP contribution in [0.3, 0.4) is 0 Å². The Balaban J connectivity index is 1.68. The highest BCUT2D eigenvalue weighted by atomic mass is 19.1. The van der Waals surface area contributed by atoms with Gasteiger partial charge in [-0.1, -0.05) is 41.6 Å². The fraction of sp³-hybridized carbons (Fsp3) is 0.0526. The molecule has 0 saturated carbocycles. The Hall–Kier alpha value is -3.61. The number of rotatable bonds is 4. The van der Waals surface area contributed by atoms with E-state index in [0.29, 0.717) is 28.5 Å². The molecule has 0 unspecified atom stereocenters. The van der Waals surface area contributed by atoms with E-state index in [1.54, 1.807) is 25.3 Å². The molecular weight excluding hydrogens is 333 g/mol. The topological polar surface area (TPSA) is 76.7 Å². The number of nitrogens with one attached hydrogen (secondary N) is 1. The normalized spacial score (nSPS) is 10.7. The largest absolute Gasteiger partial charge is 0.339 e. The molecule has 2 aromatic carbocycles. The molecule has 1 N–H and O–H groups in total. The Labute approximate surface area is 148 Å². The van der Waals surface area contributed by atoms with Crippen molar-refractivity contribution in [2.24, 2.45) is 0 Å². The SMILES string of the molecule is Cc1ccc(Nc2ncncc2-c2nc(-c3ccccc3)no2)cc1F. The van der Waals surface area contributed by atoms with Gasteiger partial charge in [0, 0.05) is 17.4 Å². The van der Waals surface area contributed by atoms with Crippen molar-refractivity contribution in [3.63, 3.8) is 0 Å². The summed E-state index contributed by atoms with van der Waals surface area (Å²) in [5.41, 5.74) is 2.51. The third-order valence-electron chi connectivity index (χ3n) is 3.84. The molecule has 7 heteroatoms. The van der Waals surface area contributed by atoms with Crippen LogP contribution in [-0.2, 0) is 0 Å². The fourth-order valence-corrected chi connectivity index (χ4v) is 2.43. The van der Waals surface area contributed by atoms with Crippen LogP contribution in [-0.4, -0.2) is 20.1 Å². The van der Waals surface area contributed by atoms with Gasteiger partial charge >= 0.3 is 0 Å². The molecule has 0 spiro atoms. The van der Waals surface area contributed by atoms with Crippen LogP contribution in [0.4, 0.5) is 15.9 Å². The number of aromatic nitrogens is 4. The Bertz CT molecular complexity index is 1050. The molecular formula is C19H14FN5O. The summed E-state index contributed by atoms with van der Waals surface area (Å²) in [7, 11) is 0. The molecule has 0 aliphatic rings. The molecule has 26 heavy (non-hydrogen) atoms. The molecule has 4 rings (SSSR count). The molecule has 2 heterocycles. The van der Waals surface area contributed by atoms with E-state index in [1.165, 1.54) is 12.4 Å². The van der Waals surface area contributed by atoms with Gasteiger partial charge in [-0.25, -0.2) is 14.4 Å². The van der Waals surface area contributed by atoms with E-state index in [-0.39, 0.29) is 11.7 Å². The van der Waals surface area contributed by atoms with Gasteiger partial charge in [0.25, 0.3) is 5.89 Å². The number of aryl methyl sites for hydroxylation is 1. The molecule has 4 aromatic rings. The number of benzene rings is 2. The van der Waals surface area contributed by atoms with Crippen LogP contribution < -0.4 is 5.32 Å². The van der Waals surface area contributed by atoms with E-state index in [9.17, 15) is 4.39 Å². The van der Waals surface area contributed by atoms with Gasteiger partial charge in [0.15, 0.2) is 0 Å². The molecule has 0 amide bonds. The van der Waals surface area contributed by atoms with Crippen molar-refractivity contribution in [2.45, 2.75) is 6.92 Å². The number of halogens is 1. The van der Waals surface area contributed by atoms with Gasteiger partial charge in [-0.2, -0.15) is 4.98 Å². The first-order valence-electron chi connectivity index (χ1n) is 7.93. The van der Waals surface area contributed by atoms with Crippen LogP contribution in [0.1, 0.15) is 5.56 Å². The second kappa shape index (κ2) is 6.72. The molecule has 2 aromatic heterocycles. The van der Waals surface area contributed by atoms with Gasteiger partial charge in [-0.05, 0) is 24.6 Å². The van der Waals surface area contributed by atoms with Gasteiger partial charge in [0.2, 0.25) is 5.82 Å². The van der Waals surface area contributed by atoms with E-state index in [1.807, 2.05) is 30.3 Å². The Kier molecular flexibility index (Phi) is 4.10. The predicted octanol–water partition coefficient (Wildman–Crippen LogP) is 4.38. The quantitative estimate of drug-likeness (QED) is 0.590. The van der Waals surface area contributed by atoms with Crippen molar-refractivity contribution in [1.82, 2.24) is 20.1 Å². The van der Waals surface area contributed by atoms with E-state index < -0.39 is 0 Å². The van der Waals surface area contributed by atoms with Crippen molar-refractivity contribution in [3.05, 3.63) is 72.4 Å². The van der Waals surface area contributed by atoms with Gasteiger partial charge in [-0.3, -0.25) is 0 Å². The fourth-order valence-electron chi connectivity index (χ4n) is 2.43. The van der Waals surface area contributed by atoms with Gasteiger partial charge in [0.05, 0.1) is 0 Å². The van der Waals surface area contributed by atoms with Crippen molar-refractivity contribution in [2.75, 3.05) is 5.32 Å². The maximum atomic E-state index is 13.8. The zero-order chi connectivity index (χ0) is 17.9. The minimum atomic E-state index is -0.297. The summed E-state index contributed by atoms with van der Waals surface area (Å²) >= 11 is 0. The molecule has 0 aliphatic heterocycles. The first-order chi connectivity index (χ1) is 12.7. The highest BCUT2D eigenvalue weighted by Gasteiger charge is 2.16. The maximum absolute atomic E-state index is 13.8. The summed E-state index contributed by atoms with van der Waals surface area (Å²) in [6.45, 7) is 1.71. The number of hydrogen-bond donors (Lipinski definition) is 1. The second-order valence-electron chi connectivity index (χ2n) is 5.66. The number of anilines is 2. The third kappa shape index (κ3) is 3.14. The lowest BCUT2D eigenvalue weighted by atomic mass is 10.2. The summed E-state index contributed by atoms with van der Waals surface area (Å²) < 4.78 is 19.2. The van der Waals surface area contributed by atoms with Crippen LogP contribution in [0.25, 0.3) is 22.8 Å². The summed E-state index contributed by atoms with van der Waals surface area (Å²) in [4.78, 5) is 12.6. The zero-order valence-corrected chi connectivity index (χ0v) is 13.8. The first kappa shape index (κ1) is 15.9. The monoisotopic (exact) mass is 347 g/mol. The van der Waals surface area contributed by atoms with Crippen molar-refractivity contribution < 1.29 is 8.91 Å². The van der Waals surface area contributed by atoms with Crippen LogP contribution in [0.5, 0.6) is 0 Å². The molecule has 0 bridgehead atoms. The van der Waals surface area contributed by atoms with Crippen molar-refractivity contribution >= 4 is 11.5 Å².